The number of benzene rings is 1. The highest BCUT2D eigenvalue weighted by Gasteiger charge is 2.23. The Balaban J connectivity index is 1.83. The van der Waals surface area contributed by atoms with E-state index in [0.717, 1.165) is 38.3 Å². The molecule has 1 aromatic carbocycles. The topological polar surface area (TPSA) is 38.8 Å². The second-order valence-corrected chi connectivity index (χ2v) is 7.64. The van der Waals surface area contributed by atoms with Crippen LogP contribution in [0.1, 0.15) is 34.1 Å². The van der Waals surface area contributed by atoms with Crippen molar-refractivity contribution in [3.63, 3.8) is 0 Å². The number of hydrogen-bond acceptors (Lipinski definition) is 3. The summed E-state index contributed by atoms with van der Waals surface area (Å²) in [5, 5.41) is 3.15. The van der Waals surface area contributed by atoms with Crippen LogP contribution in [0.5, 0.6) is 0 Å². The van der Waals surface area contributed by atoms with Crippen LogP contribution < -0.4 is 10.2 Å². The zero-order valence-corrected chi connectivity index (χ0v) is 17.2. The van der Waals surface area contributed by atoms with Crippen molar-refractivity contribution in [1.82, 2.24) is 15.1 Å². The number of piperazine rings is 1. The summed E-state index contributed by atoms with van der Waals surface area (Å²) in [6.07, 6.45) is 1.08. The summed E-state index contributed by atoms with van der Waals surface area (Å²) in [5.41, 5.74) is 1.01. The highest BCUT2D eigenvalue weighted by Crippen LogP contribution is 2.17. The van der Waals surface area contributed by atoms with E-state index in [4.69, 9.17) is 0 Å². The third-order valence-corrected chi connectivity index (χ3v) is 5.32. The van der Waals surface area contributed by atoms with Crippen molar-refractivity contribution in [2.24, 2.45) is 5.92 Å². The highest BCUT2D eigenvalue weighted by molar-refractivity contribution is 5.74. The van der Waals surface area contributed by atoms with Crippen molar-refractivity contribution in [3.05, 3.63) is 30.1 Å². The first-order valence-corrected chi connectivity index (χ1v) is 10.2. The third-order valence-electron chi connectivity index (χ3n) is 5.32. The molecule has 6 heteroatoms. The molecule has 0 aromatic heterocycles. The molecular weight excluding hydrogens is 343 g/mol. The van der Waals surface area contributed by atoms with Crippen molar-refractivity contribution in [1.29, 1.82) is 0 Å². The zero-order chi connectivity index (χ0) is 19.8. The Morgan fingerprint density at radius 3 is 2.22 bits per heavy atom. The number of halogens is 1. The van der Waals surface area contributed by atoms with E-state index in [1.54, 1.807) is 12.1 Å². The number of anilines is 1. The Bertz CT molecular complexity index is 566. The van der Waals surface area contributed by atoms with Crippen LogP contribution in [0.2, 0.25) is 0 Å². The predicted octanol–water partition coefficient (Wildman–Crippen LogP) is 3.41. The van der Waals surface area contributed by atoms with Crippen LogP contribution in [0.25, 0.3) is 0 Å². The van der Waals surface area contributed by atoms with Gasteiger partial charge in [0.15, 0.2) is 0 Å². The van der Waals surface area contributed by atoms with Gasteiger partial charge in [-0.2, -0.15) is 0 Å². The summed E-state index contributed by atoms with van der Waals surface area (Å²) in [7, 11) is 0. The molecule has 5 nitrogen and oxygen atoms in total. The van der Waals surface area contributed by atoms with Gasteiger partial charge in [0.05, 0.1) is 0 Å². The van der Waals surface area contributed by atoms with Gasteiger partial charge in [0.2, 0.25) is 0 Å². The van der Waals surface area contributed by atoms with Crippen LogP contribution >= 0.6 is 0 Å². The number of nitrogens with zero attached hydrogens (tertiary/aromatic N) is 3. The fourth-order valence-electron chi connectivity index (χ4n) is 3.78. The van der Waals surface area contributed by atoms with Crippen LogP contribution in [0, 0.1) is 11.7 Å². The molecule has 1 atom stereocenters. The van der Waals surface area contributed by atoms with Crippen LogP contribution in [-0.4, -0.2) is 67.7 Å². The van der Waals surface area contributed by atoms with E-state index in [1.807, 2.05) is 4.90 Å². The van der Waals surface area contributed by atoms with Gasteiger partial charge in [-0.1, -0.05) is 27.7 Å². The molecule has 27 heavy (non-hydrogen) atoms. The molecule has 1 heterocycles. The minimum Gasteiger partial charge on any atom is -0.368 e. The summed E-state index contributed by atoms with van der Waals surface area (Å²) < 4.78 is 13.1. The number of nitrogens with one attached hydrogen (secondary N) is 1. The van der Waals surface area contributed by atoms with Gasteiger partial charge in [-0.3, -0.25) is 4.90 Å². The van der Waals surface area contributed by atoms with E-state index in [9.17, 15) is 9.18 Å². The van der Waals surface area contributed by atoms with E-state index in [-0.39, 0.29) is 11.8 Å². The molecule has 1 aromatic rings. The molecule has 152 valence electrons. The van der Waals surface area contributed by atoms with Gasteiger partial charge in [0.25, 0.3) is 0 Å². The fraction of sp³-hybridized carbons (Fsp3) is 0.667. The number of hydrogen-bond donors (Lipinski definition) is 1. The zero-order valence-electron chi connectivity index (χ0n) is 17.2. The Labute approximate surface area is 163 Å². The van der Waals surface area contributed by atoms with Crippen LogP contribution in [0.3, 0.4) is 0 Å². The van der Waals surface area contributed by atoms with Crippen molar-refractivity contribution in [2.45, 2.75) is 40.2 Å². The first-order valence-electron chi connectivity index (χ1n) is 10.2. The smallest absolute Gasteiger partial charge is 0.317 e. The van der Waals surface area contributed by atoms with E-state index in [1.165, 1.54) is 12.1 Å². The molecule has 0 radical (unpaired) electrons. The van der Waals surface area contributed by atoms with Crippen LogP contribution in [0.15, 0.2) is 24.3 Å². The molecule has 2 amide bonds. The first-order chi connectivity index (χ1) is 12.9. The van der Waals surface area contributed by atoms with E-state index in [0.29, 0.717) is 31.6 Å². The Morgan fingerprint density at radius 1 is 1.11 bits per heavy atom. The van der Waals surface area contributed by atoms with Gasteiger partial charge in [-0.25, -0.2) is 9.18 Å². The molecule has 0 spiro atoms. The average molecular weight is 379 g/mol. The second kappa shape index (κ2) is 10.5. The average Bonchev–Trinajstić information content (AvgIpc) is 2.67. The summed E-state index contributed by atoms with van der Waals surface area (Å²) in [5.74, 6) is 0.382. The number of urea groups is 1. The van der Waals surface area contributed by atoms with E-state index >= 15 is 0 Å². The van der Waals surface area contributed by atoms with Crippen molar-refractivity contribution in [2.75, 3.05) is 50.7 Å². The maximum Gasteiger partial charge on any atom is 0.317 e. The Hall–Kier alpha value is -1.82. The van der Waals surface area contributed by atoms with Gasteiger partial charge in [0, 0.05) is 44.5 Å². The van der Waals surface area contributed by atoms with Gasteiger partial charge in [0.1, 0.15) is 5.82 Å². The molecule has 2 rings (SSSR count). The molecular formula is C21H35FN4O. The molecule has 1 N–H and O–H groups in total. The van der Waals surface area contributed by atoms with Crippen molar-refractivity contribution in [3.8, 4) is 0 Å². The number of likely N-dealkylation sites (N-methyl/N-ethyl adjacent to an activating group) is 1. The summed E-state index contributed by atoms with van der Waals surface area (Å²) in [4.78, 5) is 19.1. The second-order valence-electron chi connectivity index (χ2n) is 7.64. The van der Waals surface area contributed by atoms with E-state index < -0.39 is 0 Å². The quantitative estimate of drug-likeness (QED) is 0.753. The lowest BCUT2D eigenvalue weighted by Crippen LogP contribution is -2.54. The summed E-state index contributed by atoms with van der Waals surface area (Å²) in [6, 6.07) is 6.96. The maximum absolute atomic E-state index is 13.1. The van der Waals surface area contributed by atoms with Crippen LogP contribution in [-0.2, 0) is 0 Å². The fourth-order valence-corrected chi connectivity index (χ4v) is 3.78. The Morgan fingerprint density at radius 2 is 1.70 bits per heavy atom. The number of amides is 2. The maximum atomic E-state index is 13.1. The van der Waals surface area contributed by atoms with Gasteiger partial charge in [-0.15, -0.1) is 0 Å². The number of rotatable bonds is 8. The van der Waals surface area contributed by atoms with E-state index in [2.05, 4.69) is 42.8 Å². The molecule has 1 aliphatic heterocycles. The molecule has 0 aliphatic carbocycles. The van der Waals surface area contributed by atoms with Gasteiger partial charge in [-0.05, 0) is 49.7 Å². The standard InChI is InChI=1S/C21H35FN4O/c1-5-24(6-2)20(15-17(3)4)16-23-21(27)26-13-11-25(12-14-26)19-9-7-18(22)8-10-19/h7-10,17,20H,5-6,11-16H2,1-4H3,(H,23,27). The normalized spacial score (nSPS) is 16.1. The molecule has 0 bridgehead atoms. The minimum atomic E-state index is -0.221. The summed E-state index contributed by atoms with van der Waals surface area (Å²) in [6.45, 7) is 14.4. The molecule has 1 saturated heterocycles. The molecule has 1 unspecified atom stereocenters. The monoisotopic (exact) mass is 378 g/mol. The van der Waals surface area contributed by atoms with Crippen LogP contribution in [0.4, 0.5) is 14.9 Å². The molecule has 1 aliphatic rings. The number of carbonyl (C=O) groups is 1. The molecule has 1 fully saturated rings. The predicted molar refractivity (Wildman–Crippen MR) is 110 cm³/mol. The SMILES string of the molecule is CCN(CC)C(CNC(=O)N1CCN(c2ccc(F)cc2)CC1)CC(C)C. The Kier molecular flexibility index (Phi) is 8.35. The lowest BCUT2D eigenvalue weighted by Gasteiger charge is -2.37. The minimum absolute atomic E-state index is 0.0228. The highest BCUT2D eigenvalue weighted by atomic mass is 19.1. The summed E-state index contributed by atoms with van der Waals surface area (Å²) >= 11 is 0. The van der Waals surface area contributed by atoms with Crippen molar-refractivity contribution < 1.29 is 9.18 Å². The lowest BCUT2D eigenvalue weighted by molar-refractivity contribution is 0.169. The number of carbonyl (C=O) groups excluding carboxylic acids is 1. The molecule has 0 saturated carbocycles. The third kappa shape index (κ3) is 6.38. The first kappa shape index (κ1) is 21.5. The lowest BCUT2D eigenvalue weighted by atomic mass is 10.0. The van der Waals surface area contributed by atoms with Gasteiger partial charge < -0.3 is 15.1 Å². The van der Waals surface area contributed by atoms with Gasteiger partial charge >= 0.3 is 6.03 Å². The van der Waals surface area contributed by atoms with Crippen molar-refractivity contribution >= 4 is 11.7 Å². The largest absolute Gasteiger partial charge is 0.368 e.